The molecular weight excluding hydrogens is 298 g/mol. The maximum Gasteiger partial charge on any atom is 0.338 e. The van der Waals surface area contributed by atoms with E-state index in [-0.39, 0.29) is 5.97 Å². The van der Waals surface area contributed by atoms with Gasteiger partial charge in [-0.1, -0.05) is 54.6 Å². The van der Waals surface area contributed by atoms with Crippen molar-refractivity contribution in [3.8, 4) is 11.1 Å². The molecule has 118 valence electrons. The van der Waals surface area contributed by atoms with Crippen LogP contribution >= 0.6 is 0 Å². The van der Waals surface area contributed by atoms with Gasteiger partial charge < -0.3 is 4.74 Å². The van der Waals surface area contributed by atoms with E-state index in [9.17, 15) is 4.79 Å². The van der Waals surface area contributed by atoms with E-state index in [4.69, 9.17) is 4.74 Å². The zero-order valence-electron chi connectivity index (χ0n) is 13.3. The minimum Gasteiger partial charge on any atom is -0.465 e. The van der Waals surface area contributed by atoms with E-state index in [1.165, 1.54) is 7.11 Å². The second kappa shape index (κ2) is 7.38. The Kier molecular flexibility index (Phi) is 4.82. The summed E-state index contributed by atoms with van der Waals surface area (Å²) in [7, 11) is 1.40. The Morgan fingerprint density at radius 1 is 0.958 bits per heavy atom. The molecule has 0 amide bonds. The molecule has 0 aliphatic carbocycles. The number of hydrogen-bond acceptors (Lipinski definition) is 3. The fourth-order valence-corrected chi connectivity index (χ4v) is 2.48. The molecular formula is C21H17NO2. The van der Waals surface area contributed by atoms with Crippen LogP contribution in [0.4, 0.5) is 0 Å². The van der Waals surface area contributed by atoms with Crippen LogP contribution in [-0.2, 0) is 4.74 Å². The summed E-state index contributed by atoms with van der Waals surface area (Å²) in [6.07, 6.45) is 7.55. The summed E-state index contributed by atoms with van der Waals surface area (Å²) >= 11 is 0. The number of benzene rings is 2. The first kappa shape index (κ1) is 15.7. The van der Waals surface area contributed by atoms with E-state index in [0.29, 0.717) is 5.56 Å². The molecule has 3 aromatic rings. The highest BCUT2D eigenvalue weighted by molar-refractivity contribution is 5.98. The van der Waals surface area contributed by atoms with Crippen molar-refractivity contribution >= 4 is 18.1 Å². The fraction of sp³-hybridized carbons (Fsp3) is 0.0476. The lowest BCUT2D eigenvalue weighted by atomic mass is 9.97. The zero-order chi connectivity index (χ0) is 16.8. The molecule has 0 saturated carbocycles. The van der Waals surface area contributed by atoms with Gasteiger partial charge in [0.1, 0.15) is 0 Å². The van der Waals surface area contributed by atoms with Crippen molar-refractivity contribution < 1.29 is 9.53 Å². The van der Waals surface area contributed by atoms with Crippen LogP contribution in [0.2, 0.25) is 0 Å². The van der Waals surface area contributed by atoms with Crippen molar-refractivity contribution in [3.05, 3.63) is 89.7 Å². The molecule has 1 heterocycles. The smallest absolute Gasteiger partial charge is 0.338 e. The van der Waals surface area contributed by atoms with Gasteiger partial charge in [0.2, 0.25) is 0 Å². The zero-order valence-corrected chi connectivity index (χ0v) is 13.3. The largest absolute Gasteiger partial charge is 0.465 e. The van der Waals surface area contributed by atoms with Crippen LogP contribution < -0.4 is 0 Å². The van der Waals surface area contributed by atoms with Gasteiger partial charge in [-0.2, -0.15) is 0 Å². The van der Waals surface area contributed by atoms with Crippen molar-refractivity contribution in [3.63, 3.8) is 0 Å². The first-order valence-electron chi connectivity index (χ1n) is 7.64. The maximum absolute atomic E-state index is 12.0. The van der Waals surface area contributed by atoms with Crippen LogP contribution in [-0.4, -0.2) is 18.1 Å². The first-order valence-corrected chi connectivity index (χ1v) is 7.64. The fourth-order valence-electron chi connectivity index (χ4n) is 2.48. The molecule has 0 aliphatic heterocycles. The second-order valence-electron chi connectivity index (χ2n) is 5.28. The van der Waals surface area contributed by atoms with Crippen molar-refractivity contribution in [2.75, 3.05) is 7.11 Å². The monoisotopic (exact) mass is 315 g/mol. The number of esters is 1. The molecule has 1 aromatic heterocycles. The SMILES string of the molecule is COC(=O)c1ccc(C=Cc2cccnc2)cc1-c1ccccc1. The lowest BCUT2D eigenvalue weighted by molar-refractivity contribution is 0.0601. The third-order valence-corrected chi connectivity index (χ3v) is 3.69. The molecule has 0 unspecified atom stereocenters. The summed E-state index contributed by atoms with van der Waals surface area (Å²) < 4.78 is 4.90. The minimum atomic E-state index is -0.336. The van der Waals surface area contributed by atoms with E-state index in [0.717, 1.165) is 22.3 Å². The van der Waals surface area contributed by atoms with Crippen LogP contribution in [0.3, 0.4) is 0 Å². The highest BCUT2D eigenvalue weighted by Gasteiger charge is 2.13. The van der Waals surface area contributed by atoms with Crippen LogP contribution in [0.5, 0.6) is 0 Å². The van der Waals surface area contributed by atoms with Crippen LogP contribution in [0.1, 0.15) is 21.5 Å². The van der Waals surface area contributed by atoms with Crippen molar-refractivity contribution in [1.82, 2.24) is 4.98 Å². The Morgan fingerprint density at radius 3 is 2.46 bits per heavy atom. The average Bonchev–Trinajstić information content (AvgIpc) is 2.67. The summed E-state index contributed by atoms with van der Waals surface area (Å²) in [6.45, 7) is 0. The quantitative estimate of drug-likeness (QED) is 0.655. The van der Waals surface area contributed by atoms with E-state index < -0.39 is 0 Å². The predicted molar refractivity (Wildman–Crippen MR) is 96.4 cm³/mol. The third-order valence-electron chi connectivity index (χ3n) is 3.69. The third kappa shape index (κ3) is 3.58. The molecule has 0 aliphatic rings. The van der Waals surface area contributed by atoms with E-state index in [2.05, 4.69) is 4.98 Å². The molecule has 3 nitrogen and oxygen atoms in total. The topological polar surface area (TPSA) is 39.2 Å². The standard InChI is InChI=1S/C21H17NO2/c1-24-21(23)19-12-11-16(9-10-17-6-5-13-22-15-17)14-20(19)18-7-3-2-4-8-18/h2-15H,1H3. The summed E-state index contributed by atoms with van der Waals surface area (Å²) in [6, 6.07) is 19.4. The Hall–Kier alpha value is -3.20. The molecule has 3 heteroatoms. The first-order chi connectivity index (χ1) is 11.8. The van der Waals surface area contributed by atoms with Gasteiger partial charge in [-0.25, -0.2) is 4.79 Å². The van der Waals surface area contributed by atoms with E-state index in [1.54, 1.807) is 18.5 Å². The summed E-state index contributed by atoms with van der Waals surface area (Å²) in [5.74, 6) is -0.336. The molecule has 0 radical (unpaired) electrons. The molecule has 3 rings (SSSR count). The number of carbonyl (C=O) groups is 1. The van der Waals surface area contributed by atoms with Crippen molar-refractivity contribution in [2.45, 2.75) is 0 Å². The predicted octanol–water partition coefficient (Wildman–Crippen LogP) is 4.71. The Balaban J connectivity index is 2.01. The number of hydrogen-bond donors (Lipinski definition) is 0. The summed E-state index contributed by atoms with van der Waals surface area (Å²) in [4.78, 5) is 16.1. The molecule has 0 N–H and O–H groups in total. The Labute approximate surface area is 141 Å². The maximum atomic E-state index is 12.0. The number of pyridine rings is 1. The number of ether oxygens (including phenoxy) is 1. The van der Waals surface area contributed by atoms with Crippen LogP contribution in [0.25, 0.3) is 23.3 Å². The molecule has 24 heavy (non-hydrogen) atoms. The molecule has 0 saturated heterocycles. The van der Waals surface area contributed by atoms with Crippen molar-refractivity contribution in [2.24, 2.45) is 0 Å². The number of nitrogens with zero attached hydrogens (tertiary/aromatic N) is 1. The summed E-state index contributed by atoms with van der Waals surface area (Å²) in [5, 5.41) is 0. The number of carbonyl (C=O) groups excluding carboxylic acids is 1. The van der Waals surface area contributed by atoms with Crippen LogP contribution in [0.15, 0.2) is 73.1 Å². The molecule has 0 atom stereocenters. The molecule has 2 aromatic carbocycles. The highest BCUT2D eigenvalue weighted by atomic mass is 16.5. The van der Waals surface area contributed by atoms with Gasteiger partial charge in [-0.15, -0.1) is 0 Å². The van der Waals surface area contributed by atoms with Gasteiger partial charge in [0.05, 0.1) is 12.7 Å². The van der Waals surface area contributed by atoms with Gasteiger partial charge in [-0.05, 0) is 40.5 Å². The molecule has 0 fully saturated rings. The second-order valence-corrected chi connectivity index (χ2v) is 5.28. The number of aromatic nitrogens is 1. The normalized spacial score (nSPS) is 10.7. The number of rotatable bonds is 4. The van der Waals surface area contributed by atoms with Gasteiger partial charge in [0, 0.05) is 12.4 Å². The van der Waals surface area contributed by atoms with Crippen LogP contribution in [0, 0.1) is 0 Å². The lowest BCUT2D eigenvalue weighted by Gasteiger charge is -2.09. The van der Waals surface area contributed by atoms with E-state index in [1.807, 2.05) is 66.7 Å². The average molecular weight is 315 g/mol. The lowest BCUT2D eigenvalue weighted by Crippen LogP contribution is -2.03. The molecule has 0 spiro atoms. The van der Waals surface area contributed by atoms with Gasteiger partial charge in [-0.3, -0.25) is 4.98 Å². The minimum absolute atomic E-state index is 0.336. The van der Waals surface area contributed by atoms with Gasteiger partial charge >= 0.3 is 5.97 Å². The van der Waals surface area contributed by atoms with Gasteiger partial charge in [0.15, 0.2) is 0 Å². The number of methoxy groups -OCH3 is 1. The Bertz CT molecular complexity index is 856. The summed E-state index contributed by atoms with van der Waals surface area (Å²) in [5.41, 5.74) is 4.42. The van der Waals surface area contributed by atoms with E-state index >= 15 is 0 Å². The Morgan fingerprint density at radius 2 is 1.75 bits per heavy atom. The van der Waals surface area contributed by atoms with Gasteiger partial charge in [0.25, 0.3) is 0 Å². The van der Waals surface area contributed by atoms with Crippen molar-refractivity contribution in [1.29, 1.82) is 0 Å². The molecule has 0 bridgehead atoms. The highest BCUT2D eigenvalue weighted by Crippen LogP contribution is 2.26.